The molecule has 2 aliphatic heterocycles. The van der Waals surface area contributed by atoms with Crippen LogP contribution in [-0.4, -0.2) is 24.3 Å². The zero-order valence-electron chi connectivity index (χ0n) is 18.8. The molecule has 1 aliphatic carbocycles. The van der Waals surface area contributed by atoms with Crippen molar-refractivity contribution in [1.82, 2.24) is 10.3 Å². The maximum Gasteiger partial charge on any atom is 0.586 e. The summed E-state index contributed by atoms with van der Waals surface area (Å²) >= 11 is 0. The van der Waals surface area contributed by atoms with Crippen LogP contribution in [-0.2, 0) is 10.2 Å². The van der Waals surface area contributed by atoms with Crippen LogP contribution in [0.2, 0.25) is 0 Å². The van der Waals surface area contributed by atoms with Gasteiger partial charge in [-0.05, 0) is 48.7 Å². The summed E-state index contributed by atoms with van der Waals surface area (Å²) in [5.74, 6) is 1.01. The van der Waals surface area contributed by atoms with Crippen molar-refractivity contribution in [3.05, 3.63) is 77.6 Å². The molecule has 9 heteroatoms. The van der Waals surface area contributed by atoms with Crippen LogP contribution in [0.5, 0.6) is 23.0 Å². The summed E-state index contributed by atoms with van der Waals surface area (Å²) < 4.78 is 47.6. The monoisotopic (exact) mass is 480 g/mol. The number of amides is 1. The summed E-state index contributed by atoms with van der Waals surface area (Å²) in [5, 5.41) is 3.20. The molecule has 0 saturated heterocycles. The molecule has 7 nitrogen and oxygen atoms in total. The van der Waals surface area contributed by atoms with Crippen molar-refractivity contribution in [2.24, 2.45) is 0 Å². The predicted molar refractivity (Wildman–Crippen MR) is 120 cm³/mol. The Morgan fingerprint density at radius 1 is 1.09 bits per heavy atom. The Kier molecular flexibility index (Phi) is 4.84. The van der Waals surface area contributed by atoms with E-state index in [9.17, 15) is 13.6 Å². The van der Waals surface area contributed by atoms with Crippen LogP contribution >= 0.6 is 0 Å². The highest BCUT2D eigenvalue weighted by Crippen LogP contribution is 2.52. The van der Waals surface area contributed by atoms with Gasteiger partial charge in [-0.2, -0.15) is 0 Å². The number of halogens is 2. The van der Waals surface area contributed by atoms with Crippen LogP contribution in [0.15, 0.2) is 60.9 Å². The number of nitrogens with one attached hydrogen (secondary N) is 1. The summed E-state index contributed by atoms with van der Waals surface area (Å²) in [6, 6.07) is 13.5. The largest absolute Gasteiger partial charge is 0.586 e. The first-order valence-corrected chi connectivity index (χ1v) is 11.3. The summed E-state index contributed by atoms with van der Waals surface area (Å²) in [4.78, 5) is 17.8. The number of carbonyl (C=O) groups is 1. The van der Waals surface area contributed by atoms with Crippen LogP contribution in [0.3, 0.4) is 0 Å². The molecule has 1 saturated carbocycles. The minimum Gasteiger partial charge on any atom is -0.497 e. The summed E-state index contributed by atoms with van der Waals surface area (Å²) in [7, 11) is 1.58. The Labute approximate surface area is 200 Å². The Balaban J connectivity index is 1.29. The van der Waals surface area contributed by atoms with E-state index >= 15 is 0 Å². The van der Waals surface area contributed by atoms with Gasteiger partial charge >= 0.3 is 6.29 Å². The van der Waals surface area contributed by atoms with Crippen LogP contribution in [0.25, 0.3) is 0 Å². The van der Waals surface area contributed by atoms with Gasteiger partial charge in [0.1, 0.15) is 17.6 Å². The molecule has 3 aromatic rings. The summed E-state index contributed by atoms with van der Waals surface area (Å²) in [6.45, 7) is 0. The zero-order valence-corrected chi connectivity index (χ0v) is 18.8. The predicted octanol–water partition coefficient (Wildman–Crippen LogP) is 4.82. The quantitative estimate of drug-likeness (QED) is 0.564. The molecule has 180 valence electrons. The van der Waals surface area contributed by atoms with E-state index in [0.717, 1.165) is 11.1 Å². The average Bonchev–Trinajstić information content (AvgIpc) is 3.61. The van der Waals surface area contributed by atoms with Gasteiger partial charge in [-0.25, -0.2) is 0 Å². The van der Waals surface area contributed by atoms with Crippen molar-refractivity contribution in [2.45, 2.75) is 43.1 Å². The lowest BCUT2D eigenvalue weighted by atomic mass is 9.90. The molecular weight excluding hydrogens is 458 g/mol. The maximum absolute atomic E-state index is 13.6. The van der Waals surface area contributed by atoms with Crippen molar-refractivity contribution in [3.8, 4) is 23.0 Å². The second-order valence-electron chi connectivity index (χ2n) is 8.97. The Morgan fingerprint density at radius 3 is 2.66 bits per heavy atom. The molecule has 3 aliphatic rings. The lowest BCUT2D eigenvalue weighted by Gasteiger charge is -2.34. The average molecular weight is 480 g/mol. The van der Waals surface area contributed by atoms with E-state index in [4.69, 9.17) is 9.47 Å². The Morgan fingerprint density at radius 2 is 1.91 bits per heavy atom. The maximum atomic E-state index is 13.6. The molecule has 1 N–H and O–H groups in total. The van der Waals surface area contributed by atoms with Gasteiger partial charge in [0.05, 0.1) is 18.6 Å². The molecule has 1 aromatic heterocycles. The van der Waals surface area contributed by atoms with E-state index in [2.05, 4.69) is 19.8 Å². The number of ether oxygens (including phenoxy) is 4. The lowest BCUT2D eigenvalue weighted by molar-refractivity contribution is -0.286. The molecule has 1 fully saturated rings. The molecule has 1 amide bonds. The third kappa shape index (κ3) is 3.80. The van der Waals surface area contributed by atoms with Gasteiger partial charge in [0, 0.05) is 36.0 Å². The highest BCUT2D eigenvalue weighted by Gasteiger charge is 2.53. The van der Waals surface area contributed by atoms with Gasteiger partial charge in [0.25, 0.3) is 0 Å². The molecule has 3 heterocycles. The summed E-state index contributed by atoms with van der Waals surface area (Å²) in [6.07, 6.45) is 1.17. The van der Waals surface area contributed by atoms with Crippen LogP contribution < -0.4 is 24.3 Å². The van der Waals surface area contributed by atoms with Crippen LogP contribution in [0.1, 0.15) is 48.1 Å². The number of carbonyl (C=O) groups excluding carboxylic acids is 1. The number of methoxy groups -OCH3 is 1. The molecule has 35 heavy (non-hydrogen) atoms. The van der Waals surface area contributed by atoms with Gasteiger partial charge in [0.15, 0.2) is 11.5 Å². The fourth-order valence-corrected chi connectivity index (χ4v) is 4.80. The van der Waals surface area contributed by atoms with E-state index in [0.29, 0.717) is 36.3 Å². The van der Waals surface area contributed by atoms with E-state index in [1.807, 2.05) is 30.3 Å². The number of nitrogens with zero attached hydrogens (tertiary/aromatic N) is 1. The van der Waals surface area contributed by atoms with Gasteiger partial charge in [-0.15, -0.1) is 8.78 Å². The SMILES string of the molecule is COc1ccc2c(c1)OC(c1cccnc1)CC2NC(=O)C1(c2ccc3c(c2)OC(F)(F)O3)CC1. The number of benzene rings is 2. The van der Waals surface area contributed by atoms with Crippen molar-refractivity contribution < 1.29 is 32.5 Å². The highest BCUT2D eigenvalue weighted by atomic mass is 19.3. The first-order valence-electron chi connectivity index (χ1n) is 11.3. The molecule has 0 spiro atoms. The number of fused-ring (bicyclic) bond motifs is 2. The number of alkyl halides is 2. The van der Waals surface area contributed by atoms with Crippen molar-refractivity contribution in [1.29, 1.82) is 0 Å². The normalized spacial score (nSPS) is 22.5. The van der Waals surface area contributed by atoms with Gasteiger partial charge in [-0.1, -0.05) is 12.1 Å². The van der Waals surface area contributed by atoms with E-state index in [1.165, 1.54) is 12.1 Å². The third-order valence-electron chi connectivity index (χ3n) is 6.82. The number of hydrogen-bond acceptors (Lipinski definition) is 6. The van der Waals surface area contributed by atoms with Crippen LogP contribution in [0, 0.1) is 0 Å². The van der Waals surface area contributed by atoms with Crippen LogP contribution in [0.4, 0.5) is 8.78 Å². The molecule has 0 bridgehead atoms. The minimum atomic E-state index is -3.70. The smallest absolute Gasteiger partial charge is 0.497 e. The van der Waals surface area contributed by atoms with Crippen molar-refractivity contribution >= 4 is 5.91 Å². The zero-order chi connectivity index (χ0) is 24.2. The minimum absolute atomic E-state index is 0.0402. The summed E-state index contributed by atoms with van der Waals surface area (Å²) in [5.41, 5.74) is 1.57. The molecule has 2 atom stereocenters. The first kappa shape index (κ1) is 21.6. The van der Waals surface area contributed by atoms with Gasteiger partial charge in [0.2, 0.25) is 5.91 Å². The Bertz CT molecular complexity index is 1300. The van der Waals surface area contributed by atoms with E-state index in [1.54, 1.807) is 25.6 Å². The van der Waals surface area contributed by atoms with Gasteiger partial charge < -0.3 is 24.3 Å². The standard InChI is InChI=1S/C26H22F2N2O5/c1-32-17-5-6-18-19(13-21(33-22(18)12-17)15-3-2-10-29-14-15)30-24(31)25(8-9-25)16-4-7-20-23(11-16)35-26(27,28)34-20/h2-7,10-12,14,19,21H,8-9,13H2,1H3,(H,30,31). The number of rotatable bonds is 5. The number of aromatic nitrogens is 1. The fourth-order valence-electron chi connectivity index (χ4n) is 4.80. The van der Waals surface area contributed by atoms with Crippen molar-refractivity contribution in [3.63, 3.8) is 0 Å². The molecular formula is C26H22F2N2O5. The second kappa shape index (κ2) is 7.83. The number of hydrogen-bond donors (Lipinski definition) is 1. The fraction of sp³-hybridized carbons (Fsp3) is 0.308. The molecule has 0 radical (unpaired) electrons. The van der Waals surface area contributed by atoms with E-state index < -0.39 is 11.7 Å². The lowest BCUT2D eigenvalue weighted by Crippen LogP contribution is -2.39. The molecule has 2 unspecified atom stereocenters. The highest BCUT2D eigenvalue weighted by molar-refractivity contribution is 5.92. The number of pyridine rings is 1. The van der Waals surface area contributed by atoms with E-state index in [-0.39, 0.29) is 29.6 Å². The van der Waals surface area contributed by atoms with Crippen molar-refractivity contribution in [2.75, 3.05) is 7.11 Å². The second-order valence-corrected chi connectivity index (χ2v) is 8.97. The molecule has 6 rings (SSSR count). The first-order chi connectivity index (χ1) is 16.9. The molecule has 2 aromatic carbocycles. The Hall–Kier alpha value is -3.88. The topological polar surface area (TPSA) is 78.9 Å². The van der Waals surface area contributed by atoms with Gasteiger partial charge in [-0.3, -0.25) is 9.78 Å². The third-order valence-corrected chi connectivity index (χ3v) is 6.82.